The van der Waals surface area contributed by atoms with Crippen LogP contribution < -0.4 is 10.6 Å². The van der Waals surface area contributed by atoms with Gasteiger partial charge in [-0.2, -0.15) is 0 Å². The van der Waals surface area contributed by atoms with Crippen LogP contribution in [0.3, 0.4) is 0 Å². The summed E-state index contributed by atoms with van der Waals surface area (Å²) in [7, 11) is 1.56. The van der Waals surface area contributed by atoms with Crippen molar-refractivity contribution in [3.63, 3.8) is 0 Å². The molecule has 2 N–H and O–H groups in total. The van der Waals surface area contributed by atoms with Gasteiger partial charge in [0.25, 0.3) is 0 Å². The highest BCUT2D eigenvalue weighted by Crippen LogP contribution is 2.59. The topological polar surface area (TPSA) is 58.2 Å². The van der Waals surface area contributed by atoms with Crippen LogP contribution in [0.25, 0.3) is 0 Å². The van der Waals surface area contributed by atoms with Crippen LogP contribution >= 0.6 is 0 Å². The van der Waals surface area contributed by atoms with E-state index < -0.39 is 0 Å². The summed E-state index contributed by atoms with van der Waals surface area (Å²) in [6.45, 7) is 8.30. The molecule has 96 valence electrons. The average molecular weight is 238 g/mol. The zero-order chi connectivity index (χ0) is 13.2. The summed E-state index contributed by atoms with van der Waals surface area (Å²) in [6, 6.07) is 0. The SMILES string of the molecule is CNC(=O)CNC(=O)[C@H]1[C@@H](C=C(C)C)C1(C)C. The molecule has 4 heteroatoms. The van der Waals surface area contributed by atoms with E-state index in [-0.39, 0.29) is 35.6 Å². The molecule has 0 spiro atoms. The lowest BCUT2D eigenvalue weighted by molar-refractivity contribution is -0.127. The first-order valence-corrected chi connectivity index (χ1v) is 5.94. The van der Waals surface area contributed by atoms with Gasteiger partial charge in [0.05, 0.1) is 12.5 Å². The molecule has 2 atom stereocenters. The Morgan fingerprint density at radius 2 is 1.88 bits per heavy atom. The van der Waals surface area contributed by atoms with Gasteiger partial charge in [0.1, 0.15) is 0 Å². The van der Waals surface area contributed by atoms with E-state index in [1.165, 1.54) is 5.57 Å². The highest BCUT2D eigenvalue weighted by molar-refractivity contribution is 5.88. The molecule has 0 aliphatic heterocycles. The van der Waals surface area contributed by atoms with Crippen molar-refractivity contribution in [2.75, 3.05) is 13.6 Å². The lowest BCUT2D eigenvalue weighted by Gasteiger charge is -2.04. The summed E-state index contributed by atoms with van der Waals surface area (Å²) in [4.78, 5) is 23.0. The van der Waals surface area contributed by atoms with Crippen LogP contribution in [-0.4, -0.2) is 25.4 Å². The monoisotopic (exact) mass is 238 g/mol. The molecule has 0 radical (unpaired) electrons. The number of hydrogen-bond donors (Lipinski definition) is 2. The van der Waals surface area contributed by atoms with Crippen molar-refractivity contribution in [2.45, 2.75) is 27.7 Å². The standard InChI is InChI=1S/C13H22N2O2/c1-8(2)6-9-11(13(9,3)4)12(17)15-7-10(16)14-5/h6,9,11H,7H2,1-5H3,(H,14,16)(H,15,17)/t9-,11-/m1/s1. The molecule has 2 amide bonds. The van der Waals surface area contributed by atoms with E-state index in [1.54, 1.807) is 7.05 Å². The van der Waals surface area contributed by atoms with Crippen LogP contribution in [-0.2, 0) is 9.59 Å². The molecular formula is C13H22N2O2. The largest absolute Gasteiger partial charge is 0.358 e. The Hall–Kier alpha value is -1.32. The lowest BCUT2D eigenvalue weighted by Crippen LogP contribution is -2.36. The van der Waals surface area contributed by atoms with E-state index in [0.717, 1.165) is 0 Å². The van der Waals surface area contributed by atoms with Crippen molar-refractivity contribution in [1.29, 1.82) is 0 Å². The van der Waals surface area contributed by atoms with Gasteiger partial charge in [0.2, 0.25) is 11.8 Å². The third-order valence-electron chi connectivity index (χ3n) is 3.41. The van der Waals surface area contributed by atoms with Gasteiger partial charge in [-0.25, -0.2) is 0 Å². The predicted octanol–water partition coefficient (Wildman–Crippen LogP) is 1.09. The summed E-state index contributed by atoms with van der Waals surface area (Å²) in [5, 5.41) is 5.15. The molecule has 1 saturated carbocycles. The van der Waals surface area contributed by atoms with Gasteiger partial charge in [0, 0.05) is 7.05 Å². The number of likely N-dealkylation sites (N-methyl/N-ethyl adjacent to an activating group) is 1. The average Bonchev–Trinajstić information content (AvgIpc) is 2.75. The molecule has 1 aliphatic rings. The Balaban J connectivity index is 2.54. The Bertz CT molecular complexity index is 354. The number of amides is 2. The normalized spacial score (nSPS) is 24.8. The number of nitrogens with one attached hydrogen (secondary N) is 2. The highest BCUT2D eigenvalue weighted by atomic mass is 16.2. The van der Waals surface area contributed by atoms with Crippen LogP contribution in [0.4, 0.5) is 0 Å². The van der Waals surface area contributed by atoms with E-state index in [9.17, 15) is 9.59 Å². The maximum Gasteiger partial charge on any atom is 0.239 e. The molecule has 1 fully saturated rings. The molecule has 1 rings (SSSR count). The highest BCUT2D eigenvalue weighted by Gasteiger charge is 2.60. The number of carbonyl (C=O) groups is 2. The van der Waals surface area contributed by atoms with Crippen LogP contribution in [0, 0.1) is 17.3 Å². The zero-order valence-electron chi connectivity index (χ0n) is 11.3. The van der Waals surface area contributed by atoms with Crippen molar-refractivity contribution in [1.82, 2.24) is 10.6 Å². The molecule has 0 bridgehead atoms. The van der Waals surface area contributed by atoms with E-state index in [2.05, 4.69) is 30.6 Å². The number of allylic oxidation sites excluding steroid dienone is 2. The molecule has 0 aromatic rings. The molecule has 0 unspecified atom stereocenters. The van der Waals surface area contributed by atoms with Gasteiger partial charge in [-0.1, -0.05) is 25.5 Å². The maximum absolute atomic E-state index is 11.9. The summed E-state index contributed by atoms with van der Waals surface area (Å²) in [5.74, 6) is 0.0796. The molecular weight excluding hydrogens is 216 g/mol. The Labute approximate surface area is 103 Å². The lowest BCUT2D eigenvalue weighted by atomic mass is 10.1. The second-order valence-electron chi connectivity index (χ2n) is 5.46. The van der Waals surface area contributed by atoms with Crippen LogP contribution in [0.5, 0.6) is 0 Å². The number of rotatable bonds is 4. The second kappa shape index (κ2) is 4.90. The fourth-order valence-electron chi connectivity index (χ4n) is 2.21. The van der Waals surface area contributed by atoms with Gasteiger partial charge in [-0.3, -0.25) is 9.59 Å². The van der Waals surface area contributed by atoms with Gasteiger partial charge in [-0.05, 0) is 25.2 Å². The van der Waals surface area contributed by atoms with Crippen molar-refractivity contribution >= 4 is 11.8 Å². The molecule has 0 heterocycles. The summed E-state index contributed by atoms with van der Waals surface area (Å²) in [6.07, 6.45) is 2.14. The van der Waals surface area contributed by atoms with Crippen LogP contribution in [0.1, 0.15) is 27.7 Å². The zero-order valence-corrected chi connectivity index (χ0v) is 11.3. The Kier molecular flexibility index (Phi) is 3.96. The second-order valence-corrected chi connectivity index (χ2v) is 5.46. The third-order valence-corrected chi connectivity index (χ3v) is 3.41. The molecule has 4 nitrogen and oxygen atoms in total. The Morgan fingerprint density at radius 3 is 2.35 bits per heavy atom. The van der Waals surface area contributed by atoms with E-state index in [1.807, 2.05) is 13.8 Å². The van der Waals surface area contributed by atoms with Gasteiger partial charge in [-0.15, -0.1) is 0 Å². The molecule has 1 aliphatic carbocycles. The first-order valence-electron chi connectivity index (χ1n) is 5.94. The summed E-state index contributed by atoms with van der Waals surface area (Å²) in [5.41, 5.74) is 1.23. The smallest absolute Gasteiger partial charge is 0.239 e. The van der Waals surface area contributed by atoms with Gasteiger partial charge in [0.15, 0.2) is 0 Å². The minimum absolute atomic E-state index is 0.00401. The van der Waals surface area contributed by atoms with Gasteiger partial charge < -0.3 is 10.6 Å². The minimum atomic E-state index is -0.171. The fraction of sp³-hybridized carbons (Fsp3) is 0.692. The molecule has 0 aromatic carbocycles. The van der Waals surface area contributed by atoms with Crippen LogP contribution in [0.15, 0.2) is 11.6 Å². The quantitative estimate of drug-likeness (QED) is 0.720. The first-order chi connectivity index (χ1) is 7.80. The maximum atomic E-state index is 11.9. The van der Waals surface area contributed by atoms with E-state index in [0.29, 0.717) is 0 Å². The fourth-order valence-corrected chi connectivity index (χ4v) is 2.21. The predicted molar refractivity (Wildman–Crippen MR) is 67.3 cm³/mol. The van der Waals surface area contributed by atoms with Crippen LogP contribution in [0.2, 0.25) is 0 Å². The Morgan fingerprint density at radius 1 is 1.29 bits per heavy atom. The van der Waals surface area contributed by atoms with Gasteiger partial charge >= 0.3 is 0 Å². The first kappa shape index (κ1) is 13.7. The van der Waals surface area contributed by atoms with E-state index >= 15 is 0 Å². The number of hydrogen-bond acceptors (Lipinski definition) is 2. The van der Waals surface area contributed by atoms with Crippen molar-refractivity contribution < 1.29 is 9.59 Å². The molecule has 0 aromatic heterocycles. The van der Waals surface area contributed by atoms with Crippen molar-refractivity contribution in [3.8, 4) is 0 Å². The summed E-state index contributed by atoms with van der Waals surface area (Å²) >= 11 is 0. The third kappa shape index (κ3) is 3.08. The number of carbonyl (C=O) groups excluding carboxylic acids is 2. The van der Waals surface area contributed by atoms with Crippen molar-refractivity contribution in [2.24, 2.45) is 17.3 Å². The minimum Gasteiger partial charge on any atom is -0.358 e. The molecule has 17 heavy (non-hydrogen) atoms. The van der Waals surface area contributed by atoms with Crippen molar-refractivity contribution in [3.05, 3.63) is 11.6 Å². The molecule has 0 saturated heterocycles. The van der Waals surface area contributed by atoms with E-state index in [4.69, 9.17) is 0 Å². The summed E-state index contributed by atoms with van der Waals surface area (Å²) < 4.78 is 0.